The fourth-order valence-electron chi connectivity index (χ4n) is 1.98. The fraction of sp³-hybridized carbons (Fsp3) is 0.867. The fourth-order valence-corrected chi connectivity index (χ4v) is 2.66. The van der Waals surface area contributed by atoms with E-state index in [1.54, 1.807) is 0 Å². The molecule has 100 valence electrons. The summed E-state index contributed by atoms with van der Waals surface area (Å²) in [4.78, 5) is 0. The van der Waals surface area contributed by atoms with Gasteiger partial charge >= 0.3 is 0 Å². The van der Waals surface area contributed by atoms with Gasteiger partial charge in [0.2, 0.25) is 0 Å². The quantitative estimate of drug-likeness (QED) is 0.559. The van der Waals surface area contributed by atoms with Gasteiger partial charge in [-0.05, 0) is 18.8 Å². The van der Waals surface area contributed by atoms with Crippen molar-refractivity contribution in [2.24, 2.45) is 11.8 Å². The van der Waals surface area contributed by atoms with E-state index >= 15 is 0 Å². The monoisotopic (exact) mass is 254 g/mol. The normalized spacial score (nSPS) is 16.9. The van der Waals surface area contributed by atoms with Crippen LogP contribution < -0.4 is 0 Å². The molecule has 0 spiro atoms. The SMILES string of the molecule is CCC[C@H](C)C[C@@H](O)C[C@H](C)C#C[Si](C)(C)C. The van der Waals surface area contributed by atoms with Crippen LogP contribution in [0.1, 0.15) is 46.5 Å². The lowest BCUT2D eigenvalue weighted by atomic mass is 9.94. The second kappa shape index (κ2) is 7.95. The number of hydrogen-bond acceptors (Lipinski definition) is 1. The largest absolute Gasteiger partial charge is 0.393 e. The Kier molecular flexibility index (Phi) is 7.82. The standard InChI is InChI=1S/C15H30OSi/c1-7-8-13(2)11-15(16)12-14(3)9-10-17(4,5)6/h13-16H,7-8,11-12H2,1-6H3/t13-,14+,15+/m0/s1. The van der Waals surface area contributed by atoms with Crippen molar-refractivity contribution in [2.45, 2.75) is 72.2 Å². The molecule has 0 aromatic carbocycles. The first-order valence-electron chi connectivity index (χ1n) is 6.95. The van der Waals surface area contributed by atoms with Gasteiger partial charge in [0, 0.05) is 5.92 Å². The van der Waals surface area contributed by atoms with Crippen LogP contribution in [-0.2, 0) is 0 Å². The molecule has 0 aliphatic heterocycles. The molecule has 0 radical (unpaired) electrons. The van der Waals surface area contributed by atoms with Gasteiger partial charge in [-0.2, -0.15) is 0 Å². The minimum atomic E-state index is -1.26. The van der Waals surface area contributed by atoms with Gasteiger partial charge in [-0.25, -0.2) is 0 Å². The second-order valence-corrected chi connectivity index (χ2v) is 11.2. The minimum absolute atomic E-state index is 0.178. The minimum Gasteiger partial charge on any atom is -0.393 e. The predicted molar refractivity (Wildman–Crippen MR) is 79.6 cm³/mol. The molecule has 17 heavy (non-hydrogen) atoms. The molecule has 0 saturated heterocycles. The molecular weight excluding hydrogens is 224 g/mol. The summed E-state index contributed by atoms with van der Waals surface area (Å²) in [5.41, 5.74) is 3.38. The summed E-state index contributed by atoms with van der Waals surface area (Å²) in [5, 5.41) is 9.99. The average Bonchev–Trinajstić information content (AvgIpc) is 2.13. The summed E-state index contributed by atoms with van der Waals surface area (Å²) >= 11 is 0. The van der Waals surface area contributed by atoms with Crippen LogP contribution >= 0.6 is 0 Å². The van der Waals surface area contributed by atoms with Crippen molar-refractivity contribution in [3.63, 3.8) is 0 Å². The van der Waals surface area contributed by atoms with Crippen LogP contribution in [0.4, 0.5) is 0 Å². The number of aliphatic hydroxyl groups excluding tert-OH is 1. The summed E-state index contributed by atoms with van der Waals surface area (Å²) in [6.07, 6.45) is 3.99. The Hall–Kier alpha value is -0.263. The maximum Gasteiger partial charge on any atom is 0.129 e. The van der Waals surface area contributed by atoms with Crippen molar-refractivity contribution in [1.29, 1.82) is 0 Å². The van der Waals surface area contributed by atoms with Crippen LogP contribution in [0.2, 0.25) is 19.6 Å². The van der Waals surface area contributed by atoms with Crippen LogP contribution in [0.5, 0.6) is 0 Å². The molecule has 0 amide bonds. The van der Waals surface area contributed by atoms with Gasteiger partial charge in [0.05, 0.1) is 6.10 Å². The Morgan fingerprint density at radius 1 is 1.12 bits per heavy atom. The van der Waals surface area contributed by atoms with Crippen molar-refractivity contribution >= 4 is 8.07 Å². The molecule has 1 nitrogen and oxygen atoms in total. The second-order valence-electron chi connectivity index (χ2n) is 6.44. The zero-order chi connectivity index (χ0) is 13.5. The van der Waals surface area contributed by atoms with E-state index < -0.39 is 8.07 Å². The molecule has 0 saturated carbocycles. The van der Waals surface area contributed by atoms with Gasteiger partial charge in [0.1, 0.15) is 8.07 Å². The van der Waals surface area contributed by atoms with Crippen LogP contribution in [-0.4, -0.2) is 19.3 Å². The van der Waals surface area contributed by atoms with E-state index in [-0.39, 0.29) is 6.10 Å². The Morgan fingerprint density at radius 2 is 1.71 bits per heavy atom. The molecule has 3 atom stereocenters. The highest BCUT2D eigenvalue weighted by Crippen LogP contribution is 2.17. The molecule has 0 aliphatic rings. The first-order chi connectivity index (χ1) is 7.74. The van der Waals surface area contributed by atoms with Crippen LogP contribution in [0.3, 0.4) is 0 Å². The van der Waals surface area contributed by atoms with Crippen molar-refractivity contribution < 1.29 is 5.11 Å². The van der Waals surface area contributed by atoms with Crippen LogP contribution in [0, 0.1) is 23.3 Å². The third kappa shape index (κ3) is 10.6. The van der Waals surface area contributed by atoms with Gasteiger partial charge < -0.3 is 5.11 Å². The molecule has 0 aromatic heterocycles. The van der Waals surface area contributed by atoms with Crippen molar-refractivity contribution in [2.75, 3.05) is 0 Å². The van der Waals surface area contributed by atoms with E-state index in [2.05, 4.69) is 51.9 Å². The third-order valence-corrected chi connectivity index (χ3v) is 3.67. The molecule has 2 heteroatoms. The Labute approximate surface area is 109 Å². The van der Waals surface area contributed by atoms with Gasteiger partial charge in [-0.3, -0.25) is 0 Å². The molecule has 1 N–H and O–H groups in total. The summed E-state index contributed by atoms with van der Waals surface area (Å²) in [5.74, 6) is 4.27. The lowest BCUT2D eigenvalue weighted by molar-refractivity contribution is 0.125. The molecule has 0 aliphatic carbocycles. The highest BCUT2D eigenvalue weighted by Gasteiger charge is 2.13. The molecule has 0 unspecified atom stereocenters. The summed E-state index contributed by atoms with van der Waals surface area (Å²) in [6, 6.07) is 0. The topological polar surface area (TPSA) is 20.2 Å². The highest BCUT2D eigenvalue weighted by atomic mass is 28.3. The van der Waals surface area contributed by atoms with E-state index in [4.69, 9.17) is 0 Å². The Bertz CT molecular complexity index is 256. The summed E-state index contributed by atoms with van der Waals surface area (Å²) < 4.78 is 0. The Morgan fingerprint density at radius 3 is 2.18 bits per heavy atom. The zero-order valence-corrected chi connectivity index (χ0v) is 13.5. The van der Waals surface area contributed by atoms with E-state index in [0.717, 1.165) is 12.8 Å². The lowest BCUT2D eigenvalue weighted by Gasteiger charge is -2.17. The number of aliphatic hydroxyl groups is 1. The third-order valence-electron chi connectivity index (χ3n) is 2.78. The van der Waals surface area contributed by atoms with Crippen molar-refractivity contribution in [3.05, 3.63) is 0 Å². The first kappa shape index (κ1) is 16.7. The smallest absolute Gasteiger partial charge is 0.129 e. The van der Waals surface area contributed by atoms with Gasteiger partial charge in [-0.1, -0.05) is 53.3 Å². The van der Waals surface area contributed by atoms with E-state index in [0.29, 0.717) is 11.8 Å². The average molecular weight is 254 g/mol. The highest BCUT2D eigenvalue weighted by molar-refractivity contribution is 6.83. The number of hydrogen-bond donors (Lipinski definition) is 1. The van der Waals surface area contributed by atoms with Crippen molar-refractivity contribution in [3.8, 4) is 11.5 Å². The maximum atomic E-state index is 9.99. The van der Waals surface area contributed by atoms with E-state index in [1.165, 1.54) is 12.8 Å². The summed E-state index contributed by atoms with van der Waals surface area (Å²) in [6.45, 7) is 13.3. The van der Waals surface area contributed by atoms with Gasteiger partial charge in [-0.15, -0.1) is 11.5 Å². The predicted octanol–water partition coefficient (Wildman–Crippen LogP) is 4.08. The van der Waals surface area contributed by atoms with E-state index in [9.17, 15) is 5.11 Å². The maximum absolute atomic E-state index is 9.99. The van der Waals surface area contributed by atoms with Crippen LogP contribution in [0.15, 0.2) is 0 Å². The van der Waals surface area contributed by atoms with Crippen LogP contribution in [0.25, 0.3) is 0 Å². The first-order valence-corrected chi connectivity index (χ1v) is 10.4. The molecule has 0 aromatic rings. The molecule has 0 rings (SSSR count). The van der Waals surface area contributed by atoms with Gasteiger partial charge in [0.15, 0.2) is 0 Å². The number of rotatable bonds is 6. The van der Waals surface area contributed by atoms with E-state index in [1.807, 2.05) is 0 Å². The molecule has 0 heterocycles. The zero-order valence-electron chi connectivity index (χ0n) is 12.5. The van der Waals surface area contributed by atoms with Crippen molar-refractivity contribution in [1.82, 2.24) is 0 Å². The Balaban J connectivity index is 4.02. The molecular formula is C15H30OSi. The lowest BCUT2D eigenvalue weighted by Crippen LogP contribution is -2.18. The molecule has 0 fully saturated rings. The molecule has 0 bridgehead atoms. The van der Waals surface area contributed by atoms with Gasteiger partial charge in [0.25, 0.3) is 0 Å². The summed E-state index contributed by atoms with van der Waals surface area (Å²) in [7, 11) is -1.26.